The van der Waals surface area contributed by atoms with Gasteiger partial charge in [-0.25, -0.2) is 4.98 Å². The van der Waals surface area contributed by atoms with Crippen LogP contribution < -0.4 is 10.5 Å². The minimum absolute atomic E-state index is 0.00754. The maximum absolute atomic E-state index is 13.1. The molecule has 1 amide bonds. The summed E-state index contributed by atoms with van der Waals surface area (Å²) in [6, 6.07) is 8.24. The van der Waals surface area contributed by atoms with Crippen LogP contribution in [0.2, 0.25) is 0 Å². The highest BCUT2D eigenvalue weighted by molar-refractivity contribution is 7.18. The molecule has 0 atom stereocenters. The van der Waals surface area contributed by atoms with Crippen molar-refractivity contribution < 1.29 is 4.79 Å². The van der Waals surface area contributed by atoms with Crippen LogP contribution in [-0.4, -0.2) is 40.5 Å². The average molecular weight is 423 g/mol. The fourth-order valence-electron chi connectivity index (χ4n) is 4.62. The molecule has 5 rings (SSSR count). The van der Waals surface area contributed by atoms with Gasteiger partial charge in [0.25, 0.3) is 5.56 Å². The van der Waals surface area contributed by atoms with Gasteiger partial charge in [0.15, 0.2) is 0 Å². The van der Waals surface area contributed by atoms with E-state index in [1.807, 2.05) is 17.0 Å². The first kappa shape index (κ1) is 19.3. The van der Waals surface area contributed by atoms with E-state index in [-0.39, 0.29) is 11.5 Å². The monoisotopic (exact) mass is 422 g/mol. The number of aromatic nitrogens is 2. The number of thiophene rings is 1. The zero-order valence-electron chi connectivity index (χ0n) is 17.3. The van der Waals surface area contributed by atoms with Crippen molar-refractivity contribution in [1.82, 2.24) is 14.5 Å². The van der Waals surface area contributed by atoms with Crippen LogP contribution >= 0.6 is 11.3 Å². The van der Waals surface area contributed by atoms with E-state index < -0.39 is 0 Å². The summed E-state index contributed by atoms with van der Waals surface area (Å²) >= 11 is 1.66. The number of rotatable bonds is 3. The summed E-state index contributed by atoms with van der Waals surface area (Å²) in [6.45, 7) is 2.48. The third-order valence-corrected chi connectivity index (χ3v) is 7.53. The van der Waals surface area contributed by atoms with Gasteiger partial charge in [-0.3, -0.25) is 14.2 Å². The van der Waals surface area contributed by atoms with Gasteiger partial charge in [-0.05, 0) is 42.9 Å². The zero-order valence-corrected chi connectivity index (χ0v) is 18.1. The smallest absolute Gasteiger partial charge is 0.262 e. The van der Waals surface area contributed by atoms with E-state index in [0.717, 1.165) is 41.6 Å². The molecular formula is C23H26N4O2S. The Bertz CT molecular complexity index is 1170. The Hall–Kier alpha value is -2.67. The lowest BCUT2D eigenvalue weighted by Crippen LogP contribution is -2.35. The topological polar surface area (TPSA) is 58.4 Å². The zero-order chi connectivity index (χ0) is 20.7. The van der Waals surface area contributed by atoms with Gasteiger partial charge in [0.2, 0.25) is 5.91 Å². The van der Waals surface area contributed by atoms with Crippen LogP contribution in [0.25, 0.3) is 10.2 Å². The molecule has 0 bridgehead atoms. The van der Waals surface area contributed by atoms with Crippen LogP contribution in [-0.2, 0) is 30.7 Å². The summed E-state index contributed by atoms with van der Waals surface area (Å²) in [7, 11) is 2.06. The van der Waals surface area contributed by atoms with E-state index in [1.54, 1.807) is 22.2 Å². The van der Waals surface area contributed by atoms with Crippen LogP contribution in [0.4, 0.5) is 5.69 Å². The molecule has 0 unspecified atom stereocenters. The van der Waals surface area contributed by atoms with Crippen LogP contribution in [0.3, 0.4) is 0 Å². The first-order valence-corrected chi connectivity index (χ1v) is 11.5. The molecule has 0 N–H and O–H groups in total. The second-order valence-electron chi connectivity index (χ2n) is 8.25. The number of carbonyl (C=O) groups excluding carboxylic acids is 1. The average Bonchev–Trinajstić information content (AvgIpc) is 3.06. The molecular weight excluding hydrogens is 396 g/mol. The Morgan fingerprint density at radius 1 is 1.17 bits per heavy atom. The van der Waals surface area contributed by atoms with Crippen LogP contribution in [0.5, 0.6) is 0 Å². The van der Waals surface area contributed by atoms with Crippen molar-refractivity contribution in [1.29, 1.82) is 0 Å². The van der Waals surface area contributed by atoms with Gasteiger partial charge in [0.1, 0.15) is 4.83 Å². The Kier molecular flexibility index (Phi) is 5.06. The number of benzene rings is 1. The Morgan fingerprint density at radius 2 is 2.00 bits per heavy atom. The number of para-hydroxylation sites is 1. The second-order valence-corrected chi connectivity index (χ2v) is 9.33. The van der Waals surface area contributed by atoms with E-state index in [9.17, 15) is 9.59 Å². The highest BCUT2D eigenvalue weighted by Crippen LogP contribution is 2.33. The molecule has 30 heavy (non-hydrogen) atoms. The number of likely N-dealkylation sites (N-methyl/N-ethyl adjacent to an activating group) is 1. The molecule has 7 heteroatoms. The van der Waals surface area contributed by atoms with Gasteiger partial charge in [0, 0.05) is 50.2 Å². The number of nitrogens with zero attached hydrogens (tertiary/aromatic N) is 4. The van der Waals surface area contributed by atoms with Crippen molar-refractivity contribution in [2.24, 2.45) is 0 Å². The van der Waals surface area contributed by atoms with Crippen LogP contribution in [0.1, 0.15) is 35.3 Å². The maximum atomic E-state index is 13.1. The van der Waals surface area contributed by atoms with Gasteiger partial charge >= 0.3 is 0 Å². The molecule has 2 aromatic heterocycles. The lowest BCUT2D eigenvalue weighted by Gasteiger charge is -2.21. The van der Waals surface area contributed by atoms with Gasteiger partial charge < -0.3 is 9.80 Å². The Morgan fingerprint density at radius 3 is 2.90 bits per heavy atom. The van der Waals surface area contributed by atoms with Gasteiger partial charge in [-0.1, -0.05) is 18.2 Å². The summed E-state index contributed by atoms with van der Waals surface area (Å²) in [6.07, 6.45) is 6.28. The molecule has 6 nitrogen and oxygen atoms in total. The molecule has 0 radical (unpaired) electrons. The van der Waals surface area contributed by atoms with Crippen molar-refractivity contribution in [3.05, 3.63) is 57.0 Å². The molecule has 156 valence electrons. The minimum Gasteiger partial charge on any atom is -0.373 e. The standard InChI is InChI=1S/C23H26N4O2S/c1-25-12-13-26(14-16-6-2-4-8-18(16)25)20(28)10-11-27-15-24-22-21(23(27)29)17-7-3-5-9-19(17)30-22/h2,4,6,8,15H,3,5,7,9-14H2,1H3. The second kappa shape index (κ2) is 7.87. The number of hydrogen-bond donors (Lipinski definition) is 0. The minimum atomic E-state index is 0.00754. The summed E-state index contributed by atoms with van der Waals surface area (Å²) < 4.78 is 1.62. The third-order valence-electron chi connectivity index (χ3n) is 6.33. The molecule has 2 aliphatic rings. The molecule has 3 aromatic rings. The first-order chi connectivity index (χ1) is 14.6. The highest BCUT2D eigenvalue weighted by atomic mass is 32.1. The number of hydrogen-bond acceptors (Lipinski definition) is 5. The first-order valence-electron chi connectivity index (χ1n) is 10.7. The quantitative estimate of drug-likeness (QED) is 0.650. The largest absolute Gasteiger partial charge is 0.373 e. The van der Waals surface area contributed by atoms with Crippen molar-refractivity contribution >= 4 is 33.1 Å². The van der Waals surface area contributed by atoms with Crippen LogP contribution in [0.15, 0.2) is 35.4 Å². The SMILES string of the molecule is CN1CCN(C(=O)CCn2cnc3sc4c(c3c2=O)CCCC4)Cc2ccccc21. The predicted octanol–water partition coefficient (Wildman–Crippen LogP) is 3.21. The van der Waals surface area contributed by atoms with Crippen molar-refractivity contribution in [3.63, 3.8) is 0 Å². The molecule has 0 saturated heterocycles. The summed E-state index contributed by atoms with van der Waals surface area (Å²) in [5.41, 5.74) is 3.55. The fourth-order valence-corrected chi connectivity index (χ4v) is 5.84. The molecule has 3 heterocycles. The van der Waals surface area contributed by atoms with Crippen molar-refractivity contribution in [2.75, 3.05) is 25.0 Å². The predicted molar refractivity (Wildman–Crippen MR) is 120 cm³/mol. The summed E-state index contributed by atoms with van der Waals surface area (Å²) in [5, 5.41) is 0.787. The molecule has 0 spiro atoms. The highest BCUT2D eigenvalue weighted by Gasteiger charge is 2.22. The van der Waals surface area contributed by atoms with Gasteiger partial charge in [-0.2, -0.15) is 0 Å². The van der Waals surface area contributed by atoms with E-state index in [1.165, 1.54) is 22.5 Å². The van der Waals surface area contributed by atoms with E-state index in [4.69, 9.17) is 0 Å². The molecule has 1 aliphatic carbocycles. The normalized spacial score (nSPS) is 16.3. The summed E-state index contributed by atoms with van der Waals surface area (Å²) in [5.74, 6) is 0.0828. The Labute approximate surface area is 179 Å². The lowest BCUT2D eigenvalue weighted by molar-refractivity contribution is -0.131. The van der Waals surface area contributed by atoms with E-state index in [2.05, 4.69) is 29.1 Å². The number of carbonyl (C=O) groups is 1. The van der Waals surface area contributed by atoms with Gasteiger partial charge in [-0.15, -0.1) is 11.3 Å². The van der Waals surface area contributed by atoms with E-state index >= 15 is 0 Å². The third kappa shape index (κ3) is 3.41. The number of aryl methyl sites for hydroxylation is 3. The molecule has 1 aliphatic heterocycles. The number of anilines is 1. The maximum Gasteiger partial charge on any atom is 0.262 e. The molecule has 0 fully saturated rings. The van der Waals surface area contributed by atoms with Crippen molar-refractivity contribution in [2.45, 2.75) is 45.2 Å². The van der Waals surface area contributed by atoms with E-state index in [0.29, 0.717) is 26.1 Å². The fraction of sp³-hybridized carbons (Fsp3) is 0.435. The van der Waals surface area contributed by atoms with Crippen molar-refractivity contribution in [3.8, 4) is 0 Å². The van der Waals surface area contributed by atoms with Crippen LogP contribution in [0, 0.1) is 0 Å². The summed E-state index contributed by atoms with van der Waals surface area (Å²) in [4.78, 5) is 36.9. The number of amides is 1. The van der Waals surface area contributed by atoms with Gasteiger partial charge in [0.05, 0.1) is 11.7 Å². The molecule has 0 saturated carbocycles. The lowest BCUT2D eigenvalue weighted by atomic mass is 9.97. The number of fused-ring (bicyclic) bond motifs is 4. The Balaban J connectivity index is 1.34. The molecule has 1 aromatic carbocycles.